The molecule has 0 bridgehead atoms. The number of rotatable bonds is 3. The average molecular weight is 335 g/mol. The van der Waals surface area contributed by atoms with E-state index in [1.165, 1.54) is 0 Å². The van der Waals surface area contributed by atoms with Crippen LogP contribution in [0.15, 0.2) is 52.3 Å². The number of fused-ring (bicyclic) bond motifs is 1. The van der Waals surface area contributed by atoms with Crippen molar-refractivity contribution in [2.45, 2.75) is 6.61 Å². The fourth-order valence-electron chi connectivity index (χ4n) is 1.90. The molecule has 0 aliphatic rings. The van der Waals surface area contributed by atoms with Crippen LogP contribution >= 0.6 is 27.3 Å². The van der Waals surface area contributed by atoms with Crippen molar-refractivity contribution in [1.82, 2.24) is 0 Å². The molecule has 0 saturated heterocycles. The van der Waals surface area contributed by atoms with Crippen molar-refractivity contribution in [3.05, 3.63) is 57.2 Å². The van der Waals surface area contributed by atoms with Crippen LogP contribution in [0.25, 0.3) is 10.8 Å². The van der Waals surface area contributed by atoms with Crippen molar-refractivity contribution >= 4 is 38.0 Å². The number of thiophene rings is 1. The Kier molecular flexibility index (Phi) is 3.44. The van der Waals surface area contributed by atoms with Crippen molar-refractivity contribution < 1.29 is 9.84 Å². The van der Waals surface area contributed by atoms with Gasteiger partial charge in [0.2, 0.25) is 0 Å². The van der Waals surface area contributed by atoms with Gasteiger partial charge in [-0.1, -0.05) is 24.3 Å². The molecule has 0 unspecified atom stereocenters. The highest BCUT2D eigenvalue weighted by Crippen LogP contribution is 2.32. The highest BCUT2D eigenvalue weighted by atomic mass is 79.9. The van der Waals surface area contributed by atoms with Crippen LogP contribution in [0.5, 0.6) is 11.5 Å². The van der Waals surface area contributed by atoms with E-state index < -0.39 is 0 Å². The van der Waals surface area contributed by atoms with E-state index in [1.807, 2.05) is 42.5 Å². The van der Waals surface area contributed by atoms with E-state index in [1.54, 1.807) is 17.4 Å². The van der Waals surface area contributed by atoms with E-state index in [2.05, 4.69) is 15.9 Å². The lowest BCUT2D eigenvalue weighted by Crippen LogP contribution is -1.93. The minimum absolute atomic E-state index is 0.175. The Labute approximate surface area is 123 Å². The first-order chi connectivity index (χ1) is 9.22. The number of phenolic OH excluding ortho intramolecular Hbond substituents is 1. The van der Waals surface area contributed by atoms with Crippen LogP contribution in [-0.4, -0.2) is 5.11 Å². The number of hydrogen-bond donors (Lipinski definition) is 1. The van der Waals surface area contributed by atoms with Gasteiger partial charge in [0.1, 0.15) is 6.61 Å². The summed E-state index contributed by atoms with van der Waals surface area (Å²) in [4.78, 5) is 1.11. The molecule has 3 rings (SSSR count). The predicted molar refractivity (Wildman–Crippen MR) is 82.0 cm³/mol. The number of aromatic hydroxyl groups is 1. The average Bonchev–Trinajstić information content (AvgIpc) is 2.82. The Bertz CT molecular complexity index is 721. The first kappa shape index (κ1) is 12.5. The van der Waals surface area contributed by atoms with Crippen molar-refractivity contribution in [2.24, 2.45) is 0 Å². The van der Waals surface area contributed by atoms with E-state index in [9.17, 15) is 5.11 Å². The van der Waals surface area contributed by atoms with Gasteiger partial charge in [-0.05, 0) is 51.0 Å². The van der Waals surface area contributed by atoms with Crippen molar-refractivity contribution in [1.29, 1.82) is 0 Å². The molecule has 0 saturated carbocycles. The van der Waals surface area contributed by atoms with Crippen LogP contribution in [0, 0.1) is 0 Å². The summed E-state index contributed by atoms with van der Waals surface area (Å²) in [5, 5.41) is 12.0. The lowest BCUT2D eigenvalue weighted by Gasteiger charge is -2.08. The highest BCUT2D eigenvalue weighted by Gasteiger charge is 2.06. The summed E-state index contributed by atoms with van der Waals surface area (Å²) in [5.74, 6) is 0.692. The van der Waals surface area contributed by atoms with Gasteiger partial charge in [-0.25, -0.2) is 0 Å². The second kappa shape index (κ2) is 5.23. The van der Waals surface area contributed by atoms with Gasteiger partial charge in [0.15, 0.2) is 11.5 Å². The molecule has 0 spiro atoms. The van der Waals surface area contributed by atoms with Crippen molar-refractivity contribution in [3.8, 4) is 11.5 Å². The topological polar surface area (TPSA) is 29.5 Å². The molecule has 1 heterocycles. The number of hydrogen-bond acceptors (Lipinski definition) is 3. The number of ether oxygens (including phenoxy) is 1. The van der Waals surface area contributed by atoms with Crippen molar-refractivity contribution in [3.63, 3.8) is 0 Å². The van der Waals surface area contributed by atoms with Crippen LogP contribution in [0.1, 0.15) is 4.88 Å². The maximum absolute atomic E-state index is 9.96. The molecule has 0 fully saturated rings. The molecule has 1 N–H and O–H groups in total. The molecule has 0 aliphatic carbocycles. The van der Waals surface area contributed by atoms with E-state index >= 15 is 0 Å². The summed E-state index contributed by atoms with van der Waals surface area (Å²) in [7, 11) is 0. The summed E-state index contributed by atoms with van der Waals surface area (Å²) in [6.45, 7) is 0.460. The number of phenols is 1. The third-order valence-electron chi connectivity index (χ3n) is 2.83. The van der Waals surface area contributed by atoms with E-state index in [4.69, 9.17) is 4.74 Å². The monoisotopic (exact) mass is 334 g/mol. The molecule has 2 nitrogen and oxygen atoms in total. The van der Waals surface area contributed by atoms with Gasteiger partial charge in [-0.15, -0.1) is 11.3 Å². The Balaban J connectivity index is 1.86. The smallest absolute Gasteiger partial charge is 0.162 e. The number of halogens is 1. The molecular weight excluding hydrogens is 324 g/mol. The lowest BCUT2D eigenvalue weighted by molar-refractivity contribution is 0.292. The molecule has 0 radical (unpaired) electrons. The highest BCUT2D eigenvalue weighted by molar-refractivity contribution is 9.11. The second-order valence-corrected chi connectivity index (χ2v) is 6.71. The predicted octanol–water partition coefficient (Wildman–Crippen LogP) is 4.95. The van der Waals surface area contributed by atoms with Crippen LogP contribution in [0.2, 0.25) is 0 Å². The molecule has 19 heavy (non-hydrogen) atoms. The Morgan fingerprint density at radius 2 is 1.79 bits per heavy atom. The maximum atomic E-state index is 9.96. The fraction of sp³-hybridized carbons (Fsp3) is 0.0667. The third-order valence-corrected chi connectivity index (χ3v) is 4.42. The van der Waals surface area contributed by atoms with E-state index in [0.29, 0.717) is 12.4 Å². The quantitative estimate of drug-likeness (QED) is 0.734. The largest absolute Gasteiger partial charge is 0.504 e. The van der Waals surface area contributed by atoms with Gasteiger partial charge in [-0.2, -0.15) is 0 Å². The summed E-state index contributed by atoms with van der Waals surface area (Å²) in [6.07, 6.45) is 0. The van der Waals surface area contributed by atoms with Gasteiger partial charge >= 0.3 is 0 Å². The molecule has 96 valence electrons. The first-order valence-electron chi connectivity index (χ1n) is 5.81. The zero-order valence-corrected chi connectivity index (χ0v) is 12.4. The molecule has 2 aromatic carbocycles. The normalized spacial score (nSPS) is 10.8. The van der Waals surface area contributed by atoms with Gasteiger partial charge in [-0.3, -0.25) is 0 Å². The van der Waals surface area contributed by atoms with Gasteiger partial charge in [0.25, 0.3) is 0 Å². The summed E-state index contributed by atoms with van der Waals surface area (Å²) in [6, 6.07) is 15.5. The Morgan fingerprint density at radius 3 is 2.47 bits per heavy atom. The molecule has 0 aliphatic heterocycles. The molecule has 1 aromatic heterocycles. The zero-order valence-electron chi connectivity index (χ0n) is 9.97. The Hall–Kier alpha value is -1.52. The van der Waals surface area contributed by atoms with Crippen molar-refractivity contribution in [2.75, 3.05) is 0 Å². The van der Waals surface area contributed by atoms with Crippen LogP contribution in [0.4, 0.5) is 0 Å². The first-order valence-corrected chi connectivity index (χ1v) is 7.42. The van der Waals surface area contributed by atoms with Gasteiger partial charge in [0.05, 0.1) is 3.79 Å². The fourth-order valence-corrected chi connectivity index (χ4v) is 3.30. The maximum Gasteiger partial charge on any atom is 0.162 e. The SMILES string of the molecule is Oc1cc2ccccc2cc1OCc1ccc(Br)s1. The minimum Gasteiger partial charge on any atom is -0.504 e. The van der Waals surface area contributed by atoms with E-state index in [0.717, 1.165) is 19.4 Å². The van der Waals surface area contributed by atoms with Gasteiger partial charge in [0, 0.05) is 4.88 Å². The second-order valence-electron chi connectivity index (χ2n) is 4.16. The third kappa shape index (κ3) is 2.74. The van der Waals surface area contributed by atoms with E-state index in [-0.39, 0.29) is 5.75 Å². The summed E-state index contributed by atoms with van der Waals surface area (Å²) in [5.41, 5.74) is 0. The van der Waals surface area contributed by atoms with Crippen LogP contribution in [0.3, 0.4) is 0 Å². The summed E-state index contributed by atoms with van der Waals surface area (Å²) < 4.78 is 6.76. The van der Waals surface area contributed by atoms with Crippen LogP contribution < -0.4 is 4.74 Å². The standard InChI is InChI=1S/C15H11BrO2S/c16-15-6-5-12(19-15)9-18-14-8-11-4-2-1-3-10(11)7-13(14)17/h1-8,17H,9H2. The van der Waals surface area contributed by atoms with Crippen LogP contribution in [-0.2, 0) is 6.61 Å². The zero-order chi connectivity index (χ0) is 13.2. The summed E-state index contributed by atoms with van der Waals surface area (Å²) >= 11 is 5.05. The molecule has 3 aromatic rings. The molecule has 4 heteroatoms. The molecule has 0 atom stereocenters. The number of benzene rings is 2. The Morgan fingerprint density at radius 1 is 1.05 bits per heavy atom. The van der Waals surface area contributed by atoms with Gasteiger partial charge < -0.3 is 9.84 Å². The molecular formula is C15H11BrO2S. The molecule has 0 amide bonds. The lowest BCUT2D eigenvalue weighted by atomic mass is 10.1. The minimum atomic E-state index is 0.175.